The van der Waals surface area contributed by atoms with E-state index < -0.39 is 0 Å². The fraction of sp³-hybridized carbons (Fsp3) is 0.929. The molecule has 0 atom stereocenters. The third-order valence-corrected chi connectivity index (χ3v) is 3.44. The van der Waals surface area contributed by atoms with E-state index in [0.29, 0.717) is 3.79 Å². The minimum Gasteiger partial charge on any atom is -0.288 e. The molecule has 0 heterocycles. The van der Waals surface area contributed by atoms with E-state index in [1.807, 2.05) is 22.6 Å². The lowest BCUT2D eigenvalue weighted by Crippen LogP contribution is -1.88. The monoisotopic (exact) mass is 338 g/mol. The van der Waals surface area contributed by atoms with Crippen molar-refractivity contribution in [3.8, 4) is 0 Å². The van der Waals surface area contributed by atoms with Crippen molar-refractivity contribution in [2.24, 2.45) is 5.92 Å². The largest absolute Gasteiger partial charge is 0.288 e. The van der Waals surface area contributed by atoms with E-state index in [1.54, 1.807) is 0 Å². The number of rotatable bonds is 11. The quantitative estimate of drug-likeness (QED) is 0.276. The first kappa shape index (κ1) is 16.4. The lowest BCUT2D eigenvalue weighted by atomic mass is 10.0. The number of hydrogen-bond donors (Lipinski definition) is 0. The second-order valence-electron chi connectivity index (χ2n) is 5.12. The van der Waals surface area contributed by atoms with Gasteiger partial charge in [0.2, 0.25) is 0 Å². The van der Waals surface area contributed by atoms with Crippen molar-refractivity contribution in [3.63, 3.8) is 0 Å². The summed E-state index contributed by atoms with van der Waals surface area (Å²) in [6, 6.07) is 0. The standard InChI is InChI=1S/C14H27IO/c1-13(2)11-9-7-5-3-4-6-8-10-12-14(15)16/h13H,3-12H2,1-2H3. The van der Waals surface area contributed by atoms with Crippen LogP contribution in [0.25, 0.3) is 0 Å². The highest BCUT2D eigenvalue weighted by Gasteiger charge is 1.96. The molecule has 0 aromatic heterocycles. The SMILES string of the molecule is CC(C)CCCCCCCCCCC(=O)I. The van der Waals surface area contributed by atoms with Crippen LogP contribution in [0.15, 0.2) is 0 Å². The fourth-order valence-corrected chi connectivity index (χ4v) is 2.26. The number of carbonyl (C=O) groups is 1. The van der Waals surface area contributed by atoms with E-state index in [2.05, 4.69) is 13.8 Å². The van der Waals surface area contributed by atoms with Crippen LogP contribution in [0.3, 0.4) is 0 Å². The van der Waals surface area contributed by atoms with Crippen LogP contribution in [0.2, 0.25) is 0 Å². The molecule has 0 unspecified atom stereocenters. The Morgan fingerprint density at radius 2 is 1.31 bits per heavy atom. The van der Waals surface area contributed by atoms with Crippen LogP contribution in [0.4, 0.5) is 0 Å². The maximum Gasteiger partial charge on any atom is 0.192 e. The van der Waals surface area contributed by atoms with Crippen molar-refractivity contribution < 1.29 is 4.79 Å². The Kier molecular flexibility index (Phi) is 12.2. The predicted molar refractivity (Wildman–Crippen MR) is 80.0 cm³/mol. The molecular weight excluding hydrogens is 311 g/mol. The van der Waals surface area contributed by atoms with Crippen molar-refractivity contribution in [2.45, 2.75) is 78.1 Å². The summed E-state index contributed by atoms with van der Waals surface area (Å²) in [6.07, 6.45) is 12.8. The Morgan fingerprint density at radius 3 is 1.75 bits per heavy atom. The first-order valence-corrected chi connectivity index (χ1v) is 7.89. The molecule has 0 saturated carbocycles. The molecule has 0 bridgehead atoms. The molecule has 0 aromatic carbocycles. The lowest BCUT2D eigenvalue weighted by molar-refractivity contribution is -0.109. The molecule has 0 amide bonds. The van der Waals surface area contributed by atoms with Gasteiger partial charge in [0.1, 0.15) is 0 Å². The van der Waals surface area contributed by atoms with E-state index in [0.717, 1.165) is 18.8 Å². The first-order valence-electron chi connectivity index (χ1n) is 6.81. The van der Waals surface area contributed by atoms with Gasteiger partial charge in [0.25, 0.3) is 0 Å². The summed E-state index contributed by atoms with van der Waals surface area (Å²) in [6.45, 7) is 4.60. The van der Waals surface area contributed by atoms with E-state index in [9.17, 15) is 4.79 Å². The molecule has 0 N–H and O–H groups in total. The normalized spacial score (nSPS) is 11.0. The predicted octanol–water partition coefficient (Wildman–Crippen LogP) is 5.51. The molecule has 2 heteroatoms. The topological polar surface area (TPSA) is 17.1 Å². The average molecular weight is 338 g/mol. The Bertz CT molecular complexity index is 166. The van der Waals surface area contributed by atoms with Crippen molar-refractivity contribution in [3.05, 3.63) is 0 Å². The van der Waals surface area contributed by atoms with Crippen LogP contribution in [0, 0.1) is 5.92 Å². The molecule has 0 aliphatic heterocycles. The summed E-state index contributed by atoms with van der Waals surface area (Å²) in [5, 5.41) is 0. The van der Waals surface area contributed by atoms with Crippen molar-refractivity contribution in [1.82, 2.24) is 0 Å². The molecule has 0 saturated heterocycles. The Labute approximate surface area is 115 Å². The first-order chi connectivity index (χ1) is 7.63. The van der Waals surface area contributed by atoms with Crippen LogP contribution in [-0.4, -0.2) is 3.79 Å². The Balaban J connectivity index is 2.96. The van der Waals surface area contributed by atoms with Crippen molar-refractivity contribution >= 4 is 26.4 Å². The molecule has 0 aromatic rings. The van der Waals surface area contributed by atoms with Crippen LogP contribution in [0.5, 0.6) is 0 Å². The van der Waals surface area contributed by atoms with Crippen LogP contribution >= 0.6 is 22.6 Å². The molecule has 0 rings (SSSR count). The zero-order valence-electron chi connectivity index (χ0n) is 10.9. The van der Waals surface area contributed by atoms with Gasteiger partial charge in [0.15, 0.2) is 3.79 Å². The third kappa shape index (κ3) is 14.4. The van der Waals surface area contributed by atoms with Crippen LogP contribution in [-0.2, 0) is 4.79 Å². The summed E-state index contributed by atoms with van der Waals surface area (Å²) in [5.41, 5.74) is 0. The van der Waals surface area contributed by atoms with E-state index in [4.69, 9.17) is 0 Å². The summed E-state index contributed by atoms with van der Waals surface area (Å²) in [4.78, 5) is 10.7. The zero-order valence-corrected chi connectivity index (χ0v) is 13.1. The van der Waals surface area contributed by atoms with Gasteiger partial charge in [0, 0.05) is 6.42 Å². The van der Waals surface area contributed by atoms with Gasteiger partial charge >= 0.3 is 0 Å². The average Bonchev–Trinajstić information content (AvgIpc) is 2.20. The second-order valence-corrected chi connectivity index (χ2v) is 6.32. The summed E-state index contributed by atoms with van der Waals surface area (Å²) in [7, 11) is 0. The van der Waals surface area contributed by atoms with Gasteiger partial charge in [-0.25, -0.2) is 0 Å². The molecular formula is C14H27IO. The minimum absolute atomic E-state index is 0.311. The van der Waals surface area contributed by atoms with E-state index in [1.165, 1.54) is 51.4 Å². The third-order valence-electron chi connectivity index (χ3n) is 2.90. The molecule has 16 heavy (non-hydrogen) atoms. The van der Waals surface area contributed by atoms with Gasteiger partial charge in [0.05, 0.1) is 0 Å². The van der Waals surface area contributed by atoms with Gasteiger partial charge in [-0.3, -0.25) is 4.79 Å². The molecule has 1 nitrogen and oxygen atoms in total. The minimum atomic E-state index is 0.311. The molecule has 0 radical (unpaired) electrons. The van der Waals surface area contributed by atoms with Crippen LogP contribution in [0.1, 0.15) is 78.1 Å². The number of unbranched alkanes of at least 4 members (excludes halogenated alkanes) is 7. The molecule has 0 aliphatic carbocycles. The summed E-state index contributed by atoms with van der Waals surface area (Å²) < 4.78 is 0.311. The highest BCUT2D eigenvalue weighted by atomic mass is 127. The molecule has 0 spiro atoms. The van der Waals surface area contributed by atoms with E-state index >= 15 is 0 Å². The highest BCUT2D eigenvalue weighted by molar-refractivity contribution is 14.1. The molecule has 96 valence electrons. The van der Waals surface area contributed by atoms with Gasteiger partial charge in [-0.2, -0.15) is 0 Å². The molecule has 0 fully saturated rings. The second kappa shape index (κ2) is 11.9. The zero-order chi connectivity index (χ0) is 12.2. The fourth-order valence-electron chi connectivity index (χ4n) is 1.88. The van der Waals surface area contributed by atoms with Crippen molar-refractivity contribution in [1.29, 1.82) is 0 Å². The van der Waals surface area contributed by atoms with Crippen LogP contribution < -0.4 is 0 Å². The Morgan fingerprint density at radius 1 is 0.875 bits per heavy atom. The van der Waals surface area contributed by atoms with Gasteiger partial charge in [-0.1, -0.05) is 65.2 Å². The summed E-state index contributed by atoms with van der Waals surface area (Å²) >= 11 is 1.89. The summed E-state index contributed by atoms with van der Waals surface area (Å²) in [5.74, 6) is 0.866. The number of halogens is 1. The highest BCUT2D eigenvalue weighted by Crippen LogP contribution is 2.13. The van der Waals surface area contributed by atoms with Gasteiger partial charge < -0.3 is 0 Å². The van der Waals surface area contributed by atoms with E-state index in [-0.39, 0.29) is 0 Å². The molecule has 0 aliphatic rings. The Hall–Kier alpha value is 0.400. The maximum absolute atomic E-state index is 10.7. The number of hydrogen-bond acceptors (Lipinski definition) is 1. The maximum atomic E-state index is 10.7. The van der Waals surface area contributed by atoms with Crippen molar-refractivity contribution in [2.75, 3.05) is 0 Å². The van der Waals surface area contributed by atoms with Gasteiger partial charge in [-0.05, 0) is 34.9 Å². The van der Waals surface area contributed by atoms with Gasteiger partial charge in [-0.15, -0.1) is 0 Å². The lowest BCUT2D eigenvalue weighted by Gasteiger charge is -2.04. The number of carbonyl (C=O) groups excluding carboxylic acids is 1. The smallest absolute Gasteiger partial charge is 0.192 e.